The molecule has 2 aliphatic rings. The lowest BCUT2D eigenvalue weighted by Crippen LogP contribution is -2.29. The molecular formula is C27H23NO6. The molecule has 3 aromatic rings. The molecule has 34 heavy (non-hydrogen) atoms. The maximum Gasteiger partial charge on any atom is 0.300 e. The Labute approximate surface area is 196 Å². The van der Waals surface area contributed by atoms with Crippen LogP contribution in [0.4, 0.5) is 5.69 Å². The zero-order valence-electron chi connectivity index (χ0n) is 18.8. The SMILES string of the molecule is CCOc1cccc(N2C(=O)C(=O)/C(=C(/O)c3ccc4c(c3)OCO4)C2c2ccccc2C)c1. The fourth-order valence-corrected chi connectivity index (χ4v) is 4.38. The fraction of sp³-hybridized carbons (Fsp3) is 0.185. The number of fused-ring (bicyclic) bond motifs is 1. The average Bonchev–Trinajstić information content (AvgIpc) is 3.41. The third kappa shape index (κ3) is 3.55. The van der Waals surface area contributed by atoms with E-state index in [2.05, 4.69) is 0 Å². The summed E-state index contributed by atoms with van der Waals surface area (Å²) in [7, 11) is 0. The van der Waals surface area contributed by atoms with Gasteiger partial charge < -0.3 is 19.3 Å². The molecule has 0 aliphatic carbocycles. The van der Waals surface area contributed by atoms with Gasteiger partial charge in [0.15, 0.2) is 11.5 Å². The quantitative estimate of drug-likeness (QED) is 0.338. The molecule has 2 aliphatic heterocycles. The van der Waals surface area contributed by atoms with E-state index in [4.69, 9.17) is 14.2 Å². The number of ketones is 1. The molecule has 0 spiro atoms. The summed E-state index contributed by atoms with van der Waals surface area (Å²) >= 11 is 0. The van der Waals surface area contributed by atoms with E-state index in [9.17, 15) is 14.7 Å². The standard InChI is InChI=1S/C27H23NO6/c1-3-32-19-9-6-8-18(14-19)28-24(20-10-5-4-7-16(20)2)23(26(30)27(28)31)25(29)17-11-12-21-22(13-17)34-15-33-21/h4-14,24,29H,3,15H2,1-2H3/b25-23+. The van der Waals surface area contributed by atoms with Crippen molar-refractivity contribution in [2.24, 2.45) is 0 Å². The molecule has 7 heteroatoms. The maximum atomic E-state index is 13.3. The first-order valence-corrected chi connectivity index (χ1v) is 11.0. The molecule has 1 atom stereocenters. The molecule has 1 fully saturated rings. The Hall–Kier alpha value is -4.26. The largest absolute Gasteiger partial charge is 0.507 e. The summed E-state index contributed by atoms with van der Waals surface area (Å²) in [5, 5.41) is 11.3. The Kier molecular flexibility index (Phi) is 5.45. The van der Waals surface area contributed by atoms with Crippen LogP contribution >= 0.6 is 0 Å². The van der Waals surface area contributed by atoms with Gasteiger partial charge in [-0.1, -0.05) is 30.3 Å². The predicted molar refractivity (Wildman–Crippen MR) is 126 cm³/mol. The topological polar surface area (TPSA) is 85.3 Å². The minimum atomic E-state index is -0.816. The number of hydrogen-bond donors (Lipinski definition) is 1. The van der Waals surface area contributed by atoms with Gasteiger partial charge in [-0.2, -0.15) is 0 Å². The van der Waals surface area contributed by atoms with Crippen LogP contribution in [0, 0.1) is 6.92 Å². The van der Waals surface area contributed by atoms with Crippen molar-refractivity contribution in [2.45, 2.75) is 19.9 Å². The van der Waals surface area contributed by atoms with E-state index in [1.54, 1.807) is 42.5 Å². The molecule has 1 saturated heterocycles. The van der Waals surface area contributed by atoms with Gasteiger partial charge in [-0.25, -0.2) is 0 Å². The molecule has 1 amide bonds. The Bertz CT molecular complexity index is 1330. The summed E-state index contributed by atoms with van der Waals surface area (Å²) in [5.41, 5.74) is 2.51. The van der Waals surface area contributed by atoms with Crippen LogP contribution in [0.25, 0.3) is 5.76 Å². The third-order valence-electron chi connectivity index (χ3n) is 5.98. The molecule has 0 saturated carbocycles. The van der Waals surface area contributed by atoms with Crippen molar-refractivity contribution >= 4 is 23.1 Å². The molecule has 0 radical (unpaired) electrons. The van der Waals surface area contributed by atoms with E-state index in [1.807, 2.05) is 38.1 Å². The Morgan fingerprint density at radius 2 is 1.82 bits per heavy atom. The normalized spacial score (nSPS) is 18.4. The van der Waals surface area contributed by atoms with E-state index >= 15 is 0 Å². The van der Waals surface area contributed by atoms with Gasteiger partial charge in [0.1, 0.15) is 11.5 Å². The number of hydrogen-bond acceptors (Lipinski definition) is 6. The summed E-state index contributed by atoms with van der Waals surface area (Å²) < 4.78 is 16.4. The van der Waals surface area contributed by atoms with Crippen LogP contribution < -0.4 is 19.1 Å². The summed E-state index contributed by atoms with van der Waals surface area (Å²) in [6, 6.07) is 18.6. The van der Waals surface area contributed by atoms with E-state index < -0.39 is 17.7 Å². The molecule has 1 N–H and O–H groups in total. The summed E-state index contributed by atoms with van der Waals surface area (Å²) in [5.74, 6) is -0.140. The fourth-order valence-electron chi connectivity index (χ4n) is 4.38. The van der Waals surface area contributed by atoms with Crippen molar-refractivity contribution in [3.8, 4) is 17.2 Å². The zero-order chi connectivity index (χ0) is 23.8. The first kappa shape index (κ1) is 21.6. The average molecular weight is 457 g/mol. The number of ether oxygens (including phenoxy) is 3. The van der Waals surface area contributed by atoms with Gasteiger partial charge in [-0.15, -0.1) is 0 Å². The van der Waals surface area contributed by atoms with Gasteiger partial charge in [-0.05, 0) is 55.3 Å². The highest BCUT2D eigenvalue weighted by atomic mass is 16.7. The van der Waals surface area contributed by atoms with Gasteiger partial charge in [0, 0.05) is 17.3 Å². The van der Waals surface area contributed by atoms with Crippen molar-refractivity contribution in [3.63, 3.8) is 0 Å². The molecule has 172 valence electrons. The smallest absolute Gasteiger partial charge is 0.300 e. The number of rotatable bonds is 5. The van der Waals surface area contributed by atoms with Gasteiger partial charge in [0.2, 0.25) is 6.79 Å². The van der Waals surface area contributed by atoms with Crippen LogP contribution in [0.1, 0.15) is 29.7 Å². The maximum absolute atomic E-state index is 13.3. The van der Waals surface area contributed by atoms with Crippen LogP contribution in [0.3, 0.4) is 0 Å². The van der Waals surface area contributed by atoms with E-state index in [0.29, 0.717) is 35.1 Å². The van der Waals surface area contributed by atoms with Crippen molar-refractivity contribution < 1.29 is 28.9 Å². The minimum absolute atomic E-state index is 0.0139. The molecular weight excluding hydrogens is 434 g/mol. The lowest BCUT2D eigenvalue weighted by atomic mass is 9.92. The van der Waals surface area contributed by atoms with Crippen LogP contribution in [0.5, 0.6) is 17.2 Å². The first-order valence-electron chi connectivity index (χ1n) is 11.0. The van der Waals surface area contributed by atoms with Gasteiger partial charge in [0.25, 0.3) is 11.7 Å². The second-order valence-electron chi connectivity index (χ2n) is 8.02. The lowest BCUT2D eigenvalue weighted by Gasteiger charge is -2.27. The number of aryl methyl sites for hydroxylation is 1. The van der Waals surface area contributed by atoms with Crippen molar-refractivity contribution in [1.82, 2.24) is 0 Å². The molecule has 0 bridgehead atoms. The Balaban J connectivity index is 1.70. The highest BCUT2D eigenvalue weighted by Crippen LogP contribution is 2.44. The molecule has 1 unspecified atom stereocenters. The molecule has 0 aromatic heterocycles. The molecule has 3 aromatic carbocycles. The highest BCUT2D eigenvalue weighted by molar-refractivity contribution is 6.51. The first-order chi connectivity index (χ1) is 16.5. The number of Topliss-reactive ketones (excluding diaryl/α,β-unsaturated/α-hetero) is 1. The number of anilines is 1. The molecule has 7 nitrogen and oxygen atoms in total. The molecule has 5 rings (SSSR count). The number of aliphatic hydroxyl groups is 1. The summed E-state index contributed by atoms with van der Waals surface area (Å²) in [6.45, 7) is 4.33. The van der Waals surface area contributed by atoms with Crippen LogP contribution in [0.2, 0.25) is 0 Å². The second kappa shape index (κ2) is 8.59. The van der Waals surface area contributed by atoms with Gasteiger partial charge in [-0.3, -0.25) is 14.5 Å². The molecule has 2 heterocycles. The highest BCUT2D eigenvalue weighted by Gasteiger charge is 2.47. The number of carbonyl (C=O) groups is 2. The van der Waals surface area contributed by atoms with E-state index in [0.717, 1.165) is 11.1 Å². The number of aliphatic hydroxyl groups excluding tert-OH is 1. The zero-order valence-corrected chi connectivity index (χ0v) is 18.8. The summed E-state index contributed by atoms with van der Waals surface area (Å²) in [6.07, 6.45) is 0. The van der Waals surface area contributed by atoms with Crippen molar-refractivity contribution in [2.75, 3.05) is 18.3 Å². The van der Waals surface area contributed by atoms with Gasteiger partial charge in [0.05, 0.1) is 18.2 Å². The number of carbonyl (C=O) groups excluding carboxylic acids is 2. The van der Waals surface area contributed by atoms with E-state index in [-0.39, 0.29) is 18.1 Å². The summed E-state index contributed by atoms with van der Waals surface area (Å²) in [4.78, 5) is 28.1. The minimum Gasteiger partial charge on any atom is -0.507 e. The monoisotopic (exact) mass is 457 g/mol. The number of nitrogens with zero attached hydrogens (tertiary/aromatic N) is 1. The van der Waals surface area contributed by atoms with Crippen molar-refractivity contribution in [3.05, 3.63) is 89.0 Å². The lowest BCUT2D eigenvalue weighted by molar-refractivity contribution is -0.132. The predicted octanol–water partition coefficient (Wildman–Crippen LogP) is 4.75. The van der Waals surface area contributed by atoms with Crippen LogP contribution in [0.15, 0.2) is 72.3 Å². The van der Waals surface area contributed by atoms with Crippen LogP contribution in [-0.2, 0) is 9.59 Å². The third-order valence-corrected chi connectivity index (χ3v) is 5.98. The van der Waals surface area contributed by atoms with Gasteiger partial charge >= 0.3 is 0 Å². The Morgan fingerprint density at radius 1 is 1.03 bits per heavy atom. The van der Waals surface area contributed by atoms with Crippen LogP contribution in [-0.4, -0.2) is 30.2 Å². The number of benzene rings is 3. The number of amides is 1. The second-order valence-corrected chi connectivity index (χ2v) is 8.02. The van der Waals surface area contributed by atoms with Crippen molar-refractivity contribution in [1.29, 1.82) is 0 Å². The van der Waals surface area contributed by atoms with E-state index in [1.165, 1.54) is 4.90 Å². The Morgan fingerprint density at radius 3 is 2.62 bits per heavy atom.